The van der Waals surface area contributed by atoms with Crippen LogP contribution in [0.15, 0.2) is 54.1 Å². The van der Waals surface area contributed by atoms with Gasteiger partial charge in [0.15, 0.2) is 6.61 Å². The van der Waals surface area contributed by atoms with Gasteiger partial charge in [0.25, 0.3) is 17.7 Å². The molecule has 142 valence electrons. The number of carbonyl (C=O) groups is 4. The summed E-state index contributed by atoms with van der Waals surface area (Å²) in [6, 6.07) is 10.0. The van der Waals surface area contributed by atoms with E-state index in [4.69, 9.17) is 10.5 Å². The Bertz CT molecular complexity index is 1000. The van der Waals surface area contributed by atoms with Crippen LogP contribution in [0.4, 0.5) is 14.9 Å². The Labute approximate surface area is 158 Å². The van der Waals surface area contributed by atoms with Crippen molar-refractivity contribution in [2.75, 3.05) is 11.5 Å². The van der Waals surface area contributed by atoms with Crippen LogP contribution in [-0.2, 0) is 14.4 Å². The maximum Gasteiger partial charge on any atom is 0.335 e. The van der Waals surface area contributed by atoms with Gasteiger partial charge in [-0.05, 0) is 48.0 Å². The molecular weight excluding hydrogens is 369 g/mol. The second-order valence-electron chi connectivity index (χ2n) is 5.76. The number of anilines is 1. The molecule has 0 atom stereocenters. The van der Waals surface area contributed by atoms with Gasteiger partial charge in [-0.25, -0.2) is 14.1 Å². The molecule has 28 heavy (non-hydrogen) atoms. The zero-order valence-electron chi connectivity index (χ0n) is 14.3. The Balaban J connectivity index is 1.92. The van der Waals surface area contributed by atoms with Gasteiger partial charge in [-0.3, -0.25) is 19.7 Å². The first-order chi connectivity index (χ1) is 13.3. The average molecular weight is 383 g/mol. The largest absolute Gasteiger partial charge is 0.484 e. The highest BCUT2D eigenvalue weighted by Gasteiger charge is 2.36. The molecule has 0 aliphatic carbocycles. The third kappa shape index (κ3) is 4.04. The topological polar surface area (TPSA) is 119 Å². The third-order valence-corrected chi connectivity index (χ3v) is 3.74. The van der Waals surface area contributed by atoms with Gasteiger partial charge >= 0.3 is 6.03 Å². The van der Waals surface area contributed by atoms with Crippen molar-refractivity contribution in [2.24, 2.45) is 5.73 Å². The summed E-state index contributed by atoms with van der Waals surface area (Å²) in [5.74, 6) is -2.60. The molecular formula is C19H14FN3O5. The molecule has 8 nitrogen and oxygen atoms in total. The number of hydrogen-bond donors (Lipinski definition) is 2. The summed E-state index contributed by atoms with van der Waals surface area (Å²) in [6.07, 6.45) is 1.28. The lowest BCUT2D eigenvalue weighted by atomic mass is 10.1. The van der Waals surface area contributed by atoms with Crippen molar-refractivity contribution in [1.29, 1.82) is 0 Å². The number of carbonyl (C=O) groups excluding carboxylic acids is 4. The van der Waals surface area contributed by atoms with Gasteiger partial charge in [0.05, 0.1) is 5.69 Å². The Morgan fingerprint density at radius 1 is 1.14 bits per heavy atom. The van der Waals surface area contributed by atoms with E-state index in [2.05, 4.69) is 5.32 Å². The third-order valence-electron chi connectivity index (χ3n) is 3.74. The first kappa shape index (κ1) is 18.8. The number of barbiturate groups is 1. The van der Waals surface area contributed by atoms with Crippen molar-refractivity contribution in [1.82, 2.24) is 5.32 Å². The van der Waals surface area contributed by atoms with Crippen molar-refractivity contribution in [3.8, 4) is 5.75 Å². The molecule has 0 saturated carbocycles. The molecule has 0 aromatic heterocycles. The number of hydrogen-bond acceptors (Lipinski definition) is 5. The van der Waals surface area contributed by atoms with Crippen molar-refractivity contribution in [3.05, 3.63) is 65.5 Å². The van der Waals surface area contributed by atoms with E-state index in [1.165, 1.54) is 24.3 Å². The maximum atomic E-state index is 13.1. The van der Waals surface area contributed by atoms with E-state index in [1.54, 1.807) is 18.2 Å². The normalized spacial score (nSPS) is 15.5. The zero-order valence-corrected chi connectivity index (χ0v) is 14.3. The van der Waals surface area contributed by atoms with E-state index in [-0.39, 0.29) is 17.9 Å². The minimum atomic E-state index is -0.933. The van der Waals surface area contributed by atoms with Crippen LogP contribution in [0.2, 0.25) is 0 Å². The van der Waals surface area contributed by atoms with Crippen LogP contribution in [0.3, 0.4) is 0 Å². The van der Waals surface area contributed by atoms with E-state index in [0.717, 1.165) is 17.0 Å². The minimum absolute atomic E-state index is 0.112. The fraction of sp³-hybridized carbons (Fsp3) is 0.0526. The van der Waals surface area contributed by atoms with Crippen LogP contribution in [0.1, 0.15) is 5.56 Å². The maximum absolute atomic E-state index is 13.1. The predicted octanol–water partition coefficient (Wildman–Crippen LogP) is 1.36. The molecule has 0 spiro atoms. The second-order valence-corrected chi connectivity index (χ2v) is 5.76. The first-order valence-electron chi connectivity index (χ1n) is 8.03. The summed E-state index contributed by atoms with van der Waals surface area (Å²) in [7, 11) is 0. The molecule has 5 amide bonds. The Morgan fingerprint density at radius 2 is 1.86 bits per heavy atom. The molecule has 0 bridgehead atoms. The second kappa shape index (κ2) is 7.70. The lowest BCUT2D eigenvalue weighted by molar-refractivity contribution is -0.123. The number of amides is 5. The van der Waals surface area contributed by atoms with Gasteiger partial charge in [-0.15, -0.1) is 0 Å². The quantitative estimate of drug-likeness (QED) is 0.597. The van der Waals surface area contributed by atoms with Crippen molar-refractivity contribution in [3.63, 3.8) is 0 Å². The molecule has 1 aliphatic rings. The molecule has 0 unspecified atom stereocenters. The molecule has 1 fully saturated rings. The van der Waals surface area contributed by atoms with Crippen LogP contribution in [-0.4, -0.2) is 30.4 Å². The number of imide groups is 2. The summed E-state index contributed by atoms with van der Waals surface area (Å²) < 4.78 is 18.3. The van der Waals surface area contributed by atoms with Crippen LogP contribution in [0.25, 0.3) is 6.08 Å². The van der Waals surface area contributed by atoms with Gasteiger partial charge < -0.3 is 10.5 Å². The number of ether oxygens (including phenoxy) is 1. The number of nitrogens with one attached hydrogen (secondary N) is 1. The Morgan fingerprint density at radius 3 is 2.54 bits per heavy atom. The van der Waals surface area contributed by atoms with E-state index >= 15 is 0 Å². The van der Waals surface area contributed by atoms with Crippen molar-refractivity contribution < 1.29 is 28.3 Å². The zero-order chi connectivity index (χ0) is 20.3. The summed E-state index contributed by atoms with van der Waals surface area (Å²) >= 11 is 0. The van der Waals surface area contributed by atoms with E-state index in [9.17, 15) is 23.6 Å². The fourth-order valence-electron chi connectivity index (χ4n) is 2.50. The number of urea groups is 1. The predicted molar refractivity (Wildman–Crippen MR) is 96.5 cm³/mol. The number of nitrogens with zero attached hydrogens (tertiary/aromatic N) is 1. The first-order valence-corrected chi connectivity index (χ1v) is 8.03. The number of primary amides is 1. The summed E-state index contributed by atoms with van der Waals surface area (Å²) in [5, 5.41) is 2.07. The van der Waals surface area contributed by atoms with E-state index in [1.807, 2.05) is 0 Å². The highest BCUT2D eigenvalue weighted by Crippen LogP contribution is 2.23. The molecule has 1 aliphatic heterocycles. The van der Waals surface area contributed by atoms with Gasteiger partial charge in [0, 0.05) is 0 Å². The lowest BCUT2D eigenvalue weighted by Gasteiger charge is -2.26. The Kier molecular flexibility index (Phi) is 5.16. The number of nitrogens with two attached hydrogens (primary N) is 1. The molecule has 1 saturated heterocycles. The van der Waals surface area contributed by atoms with Gasteiger partial charge in [-0.2, -0.15) is 0 Å². The molecule has 2 aromatic carbocycles. The molecule has 9 heteroatoms. The summed E-state index contributed by atoms with van der Waals surface area (Å²) in [4.78, 5) is 48.5. The highest BCUT2D eigenvalue weighted by molar-refractivity contribution is 6.39. The summed E-state index contributed by atoms with van der Waals surface area (Å²) in [6.45, 7) is -0.327. The molecule has 3 N–H and O–H groups in total. The van der Waals surface area contributed by atoms with Crippen LogP contribution < -0.4 is 20.7 Å². The van der Waals surface area contributed by atoms with Crippen molar-refractivity contribution in [2.45, 2.75) is 0 Å². The van der Waals surface area contributed by atoms with Gasteiger partial charge in [-0.1, -0.05) is 12.1 Å². The number of benzene rings is 2. The fourth-order valence-corrected chi connectivity index (χ4v) is 2.50. The van der Waals surface area contributed by atoms with Crippen molar-refractivity contribution >= 4 is 35.5 Å². The molecule has 1 heterocycles. The number of rotatable bonds is 5. The smallest absolute Gasteiger partial charge is 0.335 e. The van der Waals surface area contributed by atoms with Crippen LogP contribution in [0.5, 0.6) is 5.75 Å². The highest BCUT2D eigenvalue weighted by atomic mass is 19.1. The van der Waals surface area contributed by atoms with E-state index < -0.39 is 29.6 Å². The van der Waals surface area contributed by atoms with Crippen LogP contribution in [0, 0.1) is 5.82 Å². The van der Waals surface area contributed by atoms with Gasteiger partial charge in [0.2, 0.25) is 0 Å². The van der Waals surface area contributed by atoms with Gasteiger partial charge in [0.1, 0.15) is 17.1 Å². The SMILES string of the molecule is NC(=O)COc1cccc(/C=C2/C(=O)NC(=O)N(c3ccc(F)cc3)C2=O)c1. The molecule has 3 rings (SSSR count). The average Bonchev–Trinajstić information content (AvgIpc) is 2.65. The molecule has 0 radical (unpaired) electrons. The minimum Gasteiger partial charge on any atom is -0.484 e. The van der Waals surface area contributed by atoms with Crippen LogP contribution >= 0.6 is 0 Å². The van der Waals surface area contributed by atoms with E-state index in [0.29, 0.717) is 11.3 Å². The molecule has 2 aromatic rings. The lowest BCUT2D eigenvalue weighted by Crippen LogP contribution is -2.54. The standard InChI is InChI=1S/C19H14FN3O5/c20-12-4-6-13(7-5-12)23-18(26)15(17(25)22-19(23)27)9-11-2-1-3-14(8-11)28-10-16(21)24/h1-9H,10H2,(H2,21,24)(H,22,25,27)/b15-9-. The monoisotopic (exact) mass is 383 g/mol. The Hall–Kier alpha value is -4.01. The number of halogens is 1. The summed E-state index contributed by atoms with van der Waals surface area (Å²) in [5.41, 5.74) is 5.26.